The molecule has 5 aromatic rings. The Hall–Kier alpha value is -3.95. The van der Waals surface area contributed by atoms with Crippen LogP contribution in [0.5, 0.6) is 11.5 Å². The molecule has 7 nitrogen and oxygen atoms in total. The lowest BCUT2D eigenvalue weighted by molar-refractivity contribution is -0.384. The summed E-state index contributed by atoms with van der Waals surface area (Å²) in [6.45, 7) is 0. The first kappa shape index (κ1) is 22.8. The molecule has 0 bridgehead atoms. The second-order valence-corrected chi connectivity index (χ2v) is 9.90. The summed E-state index contributed by atoms with van der Waals surface area (Å²) in [5.74, 6) is 1.29. The number of aromatic hydroxyl groups is 1. The highest BCUT2D eigenvalue weighted by atomic mass is 32.2. The largest absolute Gasteiger partial charge is 0.507 e. The number of non-ortho nitro benzene ring substituents is 1. The molecule has 0 aliphatic rings. The van der Waals surface area contributed by atoms with E-state index in [-0.39, 0.29) is 11.4 Å². The van der Waals surface area contributed by atoms with E-state index < -0.39 is 4.92 Å². The first-order chi connectivity index (χ1) is 17.0. The van der Waals surface area contributed by atoms with Gasteiger partial charge in [0, 0.05) is 35.2 Å². The predicted molar refractivity (Wildman–Crippen MR) is 142 cm³/mol. The molecule has 0 aliphatic heterocycles. The third kappa shape index (κ3) is 4.82. The van der Waals surface area contributed by atoms with Gasteiger partial charge < -0.3 is 9.84 Å². The predicted octanol–water partition coefficient (Wildman–Crippen LogP) is 7.11. The number of methoxy groups -OCH3 is 1. The van der Waals surface area contributed by atoms with Crippen molar-refractivity contribution in [1.29, 1.82) is 0 Å². The Kier molecular flexibility index (Phi) is 6.35. The van der Waals surface area contributed by atoms with Crippen molar-refractivity contribution in [1.82, 2.24) is 4.98 Å². The molecule has 1 N–H and O–H groups in total. The number of hydrogen-bond acceptors (Lipinski definition) is 8. The summed E-state index contributed by atoms with van der Waals surface area (Å²) in [6, 6.07) is 21.8. The van der Waals surface area contributed by atoms with E-state index in [1.165, 1.54) is 35.2 Å². The SMILES string of the molecule is COc1ccc([N+](=O)[O-])cc1CSc1nc2ccc(N=Cc3c(O)ccc4ccccc34)cc2s1. The number of nitrogens with zero attached hydrogens (tertiary/aromatic N) is 3. The van der Waals surface area contributed by atoms with Crippen LogP contribution in [-0.2, 0) is 5.75 Å². The van der Waals surface area contributed by atoms with Crippen LogP contribution in [0.25, 0.3) is 21.0 Å². The first-order valence-corrected chi connectivity index (χ1v) is 12.4. The molecule has 0 fully saturated rings. The molecule has 4 aromatic carbocycles. The monoisotopic (exact) mass is 501 g/mol. The van der Waals surface area contributed by atoms with Crippen molar-refractivity contribution in [2.45, 2.75) is 10.1 Å². The van der Waals surface area contributed by atoms with Crippen molar-refractivity contribution >= 4 is 61.7 Å². The maximum absolute atomic E-state index is 11.1. The highest BCUT2D eigenvalue weighted by Gasteiger charge is 2.13. The molecule has 1 aromatic heterocycles. The number of nitro benzene ring substituents is 1. The van der Waals surface area contributed by atoms with Crippen LogP contribution in [0.2, 0.25) is 0 Å². The molecule has 0 spiro atoms. The number of hydrogen-bond donors (Lipinski definition) is 1. The van der Waals surface area contributed by atoms with E-state index in [9.17, 15) is 15.2 Å². The van der Waals surface area contributed by atoms with Crippen molar-refractivity contribution in [2.24, 2.45) is 4.99 Å². The second kappa shape index (κ2) is 9.73. The van der Waals surface area contributed by atoms with Crippen molar-refractivity contribution in [3.8, 4) is 11.5 Å². The smallest absolute Gasteiger partial charge is 0.270 e. The lowest BCUT2D eigenvalue weighted by Crippen LogP contribution is -1.94. The molecule has 1 heterocycles. The molecule has 0 aliphatic carbocycles. The normalized spacial score (nSPS) is 11.5. The highest BCUT2D eigenvalue weighted by molar-refractivity contribution is 8.00. The number of thiazole rings is 1. The number of aromatic nitrogens is 1. The van der Waals surface area contributed by atoms with Gasteiger partial charge in [-0.25, -0.2) is 4.98 Å². The standard InChI is InChI=1S/C26H19N3O4S2/c1-33-24-11-8-19(29(31)32)12-17(24)15-34-26-28-22-9-7-18(13-25(22)35-26)27-14-21-20-5-3-2-4-16(20)6-10-23(21)30/h2-14,30H,15H2,1H3. The number of benzene rings is 4. The minimum atomic E-state index is -0.411. The van der Waals surface area contributed by atoms with Gasteiger partial charge in [-0.2, -0.15) is 0 Å². The van der Waals surface area contributed by atoms with Gasteiger partial charge in [-0.3, -0.25) is 15.1 Å². The Balaban J connectivity index is 1.38. The third-order valence-electron chi connectivity index (χ3n) is 5.47. The van der Waals surface area contributed by atoms with Gasteiger partial charge >= 0.3 is 0 Å². The van der Waals surface area contributed by atoms with Crippen LogP contribution < -0.4 is 4.74 Å². The molecular weight excluding hydrogens is 482 g/mol. The fourth-order valence-corrected chi connectivity index (χ4v) is 5.80. The van der Waals surface area contributed by atoms with E-state index in [0.717, 1.165) is 36.6 Å². The number of thioether (sulfide) groups is 1. The Bertz CT molecular complexity index is 1600. The fraction of sp³-hybridized carbons (Fsp3) is 0.0769. The van der Waals surface area contributed by atoms with E-state index >= 15 is 0 Å². The van der Waals surface area contributed by atoms with Crippen LogP contribution in [0, 0.1) is 10.1 Å². The third-order valence-corrected chi connectivity index (χ3v) is 7.68. The van der Waals surface area contributed by atoms with Crippen LogP contribution in [0.4, 0.5) is 11.4 Å². The quantitative estimate of drug-likeness (QED) is 0.110. The summed E-state index contributed by atoms with van der Waals surface area (Å²) in [5.41, 5.74) is 3.06. The number of nitro groups is 1. The molecule has 9 heteroatoms. The summed E-state index contributed by atoms with van der Waals surface area (Å²) in [7, 11) is 1.55. The molecule has 174 valence electrons. The molecule has 5 rings (SSSR count). The molecule has 0 saturated carbocycles. The Morgan fingerprint density at radius 1 is 1.14 bits per heavy atom. The Labute approximate surface area is 208 Å². The topological polar surface area (TPSA) is 97.9 Å². The lowest BCUT2D eigenvalue weighted by atomic mass is 10.0. The highest BCUT2D eigenvalue weighted by Crippen LogP contribution is 2.36. The van der Waals surface area contributed by atoms with Crippen LogP contribution in [0.15, 0.2) is 82.1 Å². The van der Waals surface area contributed by atoms with Gasteiger partial charge in [-0.05, 0) is 41.1 Å². The van der Waals surface area contributed by atoms with Crippen LogP contribution in [-0.4, -0.2) is 28.3 Å². The average Bonchev–Trinajstić information content (AvgIpc) is 3.29. The maximum atomic E-state index is 11.1. The van der Waals surface area contributed by atoms with Crippen molar-refractivity contribution in [3.05, 3.63) is 94.0 Å². The number of rotatable bonds is 7. The molecule has 0 amide bonds. The lowest BCUT2D eigenvalue weighted by Gasteiger charge is -2.06. The number of phenolic OH excluding ortho intramolecular Hbond substituents is 1. The van der Waals surface area contributed by atoms with Crippen molar-refractivity contribution in [3.63, 3.8) is 0 Å². The number of ether oxygens (including phenoxy) is 1. The van der Waals surface area contributed by atoms with Gasteiger partial charge in [0.25, 0.3) is 5.69 Å². The summed E-state index contributed by atoms with van der Waals surface area (Å²) < 4.78 is 7.19. The summed E-state index contributed by atoms with van der Waals surface area (Å²) in [6.07, 6.45) is 1.68. The first-order valence-electron chi connectivity index (χ1n) is 10.6. The molecule has 0 radical (unpaired) electrons. The molecule has 0 unspecified atom stereocenters. The van der Waals surface area contributed by atoms with Gasteiger partial charge in [0.1, 0.15) is 11.5 Å². The van der Waals surface area contributed by atoms with E-state index in [0.29, 0.717) is 17.1 Å². The van der Waals surface area contributed by atoms with Crippen LogP contribution >= 0.6 is 23.1 Å². The second-order valence-electron chi connectivity index (χ2n) is 7.65. The Morgan fingerprint density at radius 3 is 2.83 bits per heavy atom. The van der Waals surface area contributed by atoms with Crippen LogP contribution in [0.3, 0.4) is 0 Å². The molecule has 0 saturated heterocycles. The van der Waals surface area contributed by atoms with E-state index in [4.69, 9.17) is 4.74 Å². The number of fused-ring (bicyclic) bond motifs is 2. The van der Waals surface area contributed by atoms with Crippen molar-refractivity contribution < 1.29 is 14.8 Å². The molecule has 35 heavy (non-hydrogen) atoms. The minimum absolute atomic E-state index is 0.0328. The fourth-order valence-electron chi connectivity index (χ4n) is 3.72. The zero-order chi connectivity index (χ0) is 24.4. The zero-order valence-electron chi connectivity index (χ0n) is 18.5. The van der Waals surface area contributed by atoms with E-state index in [1.54, 1.807) is 25.5 Å². The number of aliphatic imine (C=N–C) groups is 1. The molecule has 0 atom stereocenters. The summed E-state index contributed by atoms with van der Waals surface area (Å²) in [4.78, 5) is 20.0. The number of phenols is 1. The Morgan fingerprint density at radius 2 is 2.00 bits per heavy atom. The van der Waals surface area contributed by atoms with Crippen LogP contribution in [0.1, 0.15) is 11.1 Å². The summed E-state index contributed by atoms with van der Waals surface area (Å²) in [5, 5.41) is 23.4. The van der Waals surface area contributed by atoms with Gasteiger partial charge in [0.15, 0.2) is 4.34 Å². The summed E-state index contributed by atoms with van der Waals surface area (Å²) >= 11 is 3.04. The average molecular weight is 502 g/mol. The minimum Gasteiger partial charge on any atom is -0.507 e. The zero-order valence-corrected chi connectivity index (χ0v) is 20.2. The maximum Gasteiger partial charge on any atom is 0.270 e. The molecular formula is C26H19N3O4S2. The van der Waals surface area contributed by atoms with E-state index in [2.05, 4.69) is 9.98 Å². The van der Waals surface area contributed by atoms with Crippen molar-refractivity contribution in [2.75, 3.05) is 7.11 Å². The van der Waals surface area contributed by atoms with Gasteiger partial charge in [0.2, 0.25) is 0 Å². The van der Waals surface area contributed by atoms with Gasteiger partial charge in [0.05, 0.1) is 27.9 Å². The van der Waals surface area contributed by atoms with Gasteiger partial charge in [-0.1, -0.05) is 42.1 Å². The van der Waals surface area contributed by atoms with Gasteiger partial charge in [-0.15, -0.1) is 11.3 Å². The van der Waals surface area contributed by atoms with E-state index in [1.807, 2.05) is 48.5 Å².